The van der Waals surface area contributed by atoms with Gasteiger partial charge in [-0.3, -0.25) is 4.79 Å². The summed E-state index contributed by atoms with van der Waals surface area (Å²) in [5.74, 6) is 1.04. The summed E-state index contributed by atoms with van der Waals surface area (Å²) < 4.78 is 57.2. The minimum Gasteiger partial charge on any atom is -0.461 e. The summed E-state index contributed by atoms with van der Waals surface area (Å²) in [5.41, 5.74) is 1.45. The first kappa shape index (κ1) is 45.5. The number of esters is 1. The molecule has 0 amide bonds. The quantitative estimate of drug-likeness (QED) is 0.158. The van der Waals surface area contributed by atoms with Crippen molar-refractivity contribution in [1.29, 1.82) is 0 Å². The van der Waals surface area contributed by atoms with Crippen LogP contribution in [0.25, 0.3) is 0 Å². The Kier molecular flexibility index (Phi) is 12.3. The Bertz CT molecular complexity index is 2020. The smallest absolute Gasteiger partial charge is 0.310 e. The van der Waals surface area contributed by atoms with E-state index in [2.05, 4.69) is 59.3 Å². The fourth-order valence-corrected chi connectivity index (χ4v) is 15.0. The van der Waals surface area contributed by atoms with Gasteiger partial charge in [-0.1, -0.05) is 122 Å². The highest BCUT2D eigenvalue weighted by molar-refractivity contribution is 7.89. The zero-order chi connectivity index (χ0) is 43.7. The van der Waals surface area contributed by atoms with Gasteiger partial charge < -0.3 is 18.9 Å². The van der Waals surface area contributed by atoms with Crippen LogP contribution in [0, 0.1) is 69.5 Å². The number of ether oxygens (including phenoxy) is 4. The van der Waals surface area contributed by atoms with Crippen LogP contribution >= 0.6 is 0 Å². The zero-order valence-electron chi connectivity index (χ0n) is 38.7. The Hall–Kier alpha value is -2.56. The average Bonchev–Trinajstić information content (AvgIpc) is 3.19. The van der Waals surface area contributed by atoms with Crippen LogP contribution < -0.4 is 4.72 Å². The molecular formula is C51H75NO7S. The first-order chi connectivity index (χ1) is 28.1. The summed E-state index contributed by atoms with van der Waals surface area (Å²) in [4.78, 5) is 15.1. The van der Waals surface area contributed by atoms with E-state index in [1.165, 1.54) is 5.57 Å². The van der Waals surface area contributed by atoms with Gasteiger partial charge in [0.05, 0.1) is 48.4 Å². The lowest BCUT2D eigenvalue weighted by atomic mass is 9.34. The number of hydrogen-bond acceptors (Lipinski definition) is 7. The van der Waals surface area contributed by atoms with Crippen LogP contribution in [0.4, 0.5) is 0 Å². The predicted molar refractivity (Wildman–Crippen MR) is 237 cm³/mol. The summed E-state index contributed by atoms with van der Waals surface area (Å²) >= 11 is 0. The maximum Gasteiger partial charge on any atom is 0.310 e. The second kappa shape index (κ2) is 16.2. The van der Waals surface area contributed by atoms with Gasteiger partial charge in [-0.15, -0.1) is 0 Å². The van der Waals surface area contributed by atoms with Crippen molar-refractivity contribution in [2.24, 2.45) is 62.6 Å². The normalized spacial score (nSPS) is 37.9. The second-order valence-electron chi connectivity index (χ2n) is 21.8. The van der Waals surface area contributed by atoms with E-state index in [0.717, 1.165) is 49.7 Å². The van der Waals surface area contributed by atoms with Crippen molar-refractivity contribution in [1.82, 2.24) is 4.72 Å². The van der Waals surface area contributed by atoms with Gasteiger partial charge in [-0.25, -0.2) is 13.1 Å². The highest BCUT2D eigenvalue weighted by Crippen LogP contribution is 2.75. The number of carbonyl (C=O) groups is 1. The lowest BCUT2D eigenvalue weighted by molar-refractivity contribution is -0.270. The molecule has 0 radical (unpaired) electrons. The van der Waals surface area contributed by atoms with Gasteiger partial charge in [-0.2, -0.15) is 0 Å². The van der Waals surface area contributed by atoms with Crippen molar-refractivity contribution in [2.45, 2.75) is 144 Å². The third-order valence-corrected chi connectivity index (χ3v) is 19.7. The molecular weight excluding hydrogens is 771 g/mol. The lowest BCUT2D eigenvalue weighted by Crippen LogP contribution is -2.70. The van der Waals surface area contributed by atoms with E-state index in [1.54, 1.807) is 19.2 Å². The molecule has 8 nitrogen and oxygen atoms in total. The summed E-state index contributed by atoms with van der Waals surface area (Å²) in [6.45, 7) is 26.3. The van der Waals surface area contributed by atoms with Crippen molar-refractivity contribution >= 4 is 16.0 Å². The molecule has 1 unspecified atom stereocenters. The van der Waals surface area contributed by atoms with Gasteiger partial charge in [0.2, 0.25) is 10.0 Å². The number of sulfonamides is 1. The van der Waals surface area contributed by atoms with Crippen molar-refractivity contribution in [3.05, 3.63) is 77.4 Å². The number of aryl methyl sites for hydroxylation is 1. The molecule has 2 aromatic rings. The van der Waals surface area contributed by atoms with Crippen molar-refractivity contribution in [3.8, 4) is 0 Å². The van der Waals surface area contributed by atoms with Crippen LogP contribution in [0.2, 0.25) is 0 Å². The molecule has 2 bridgehead atoms. The van der Waals surface area contributed by atoms with Gasteiger partial charge >= 0.3 is 5.97 Å². The van der Waals surface area contributed by atoms with Crippen molar-refractivity contribution in [3.63, 3.8) is 0 Å². The molecule has 2 aromatic carbocycles. The first-order valence-corrected chi connectivity index (χ1v) is 24.3. The van der Waals surface area contributed by atoms with E-state index in [0.29, 0.717) is 36.9 Å². The molecule has 1 heterocycles. The van der Waals surface area contributed by atoms with Crippen molar-refractivity contribution < 1.29 is 32.2 Å². The molecule has 60 heavy (non-hydrogen) atoms. The number of hydrogen-bond donors (Lipinski definition) is 1. The SMILES string of the molecule is CO[C@@H]1C[C@@]23COCC(C)([C@H]1OC[C@@](C)(NS(=O)(=O)c1ccc(C)cc1)C(C)C)[C@@H]2CC[C@H]1C3=CC[C@@]2(C)[C@H](C(=O)OCc3ccccc3)[C@@](C)([C@H](C)C(C)C)CC[C@]12C. The third-order valence-electron chi connectivity index (χ3n) is 18.1. The fraction of sp³-hybridized carbons (Fsp3) is 0.706. The van der Waals surface area contributed by atoms with Gasteiger partial charge in [0.25, 0.3) is 0 Å². The van der Waals surface area contributed by atoms with Gasteiger partial charge in [-0.05, 0) is 116 Å². The van der Waals surface area contributed by atoms with Crippen LogP contribution in [0.1, 0.15) is 119 Å². The molecule has 9 heteroatoms. The van der Waals surface area contributed by atoms with E-state index in [9.17, 15) is 13.2 Å². The molecule has 12 atom stereocenters. The highest BCUT2D eigenvalue weighted by atomic mass is 32.2. The Labute approximate surface area is 362 Å². The molecule has 4 fully saturated rings. The molecule has 3 saturated carbocycles. The van der Waals surface area contributed by atoms with E-state index < -0.39 is 15.6 Å². The first-order valence-electron chi connectivity index (χ1n) is 22.9. The highest BCUT2D eigenvalue weighted by Gasteiger charge is 2.72. The molecule has 1 saturated heterocycles. The largest absolute Gasteiger partial charge is 0.461 e. The molecule has 0 spiro atoms. The van der Waals surface area contributed by atoms with Crippen molar-refractivity contribution in [2.75, 3.05) is 26.9 Å². The Morgan fingerprint density at radius 2 is 1.62 bits per heavy atom. The molecule has 332 valence electrons. The average molecular weight is 846 g/mol. The summed E-state index contributed by atoms with van der Waals surface area (Å²) in [7, 11) is -2.00. The molecule has 1 aliphatic heterocycles. The number of carbonyl (C=O) groups excluding carboxylic acids is 1. The summed E-state index contributed by atoms with van der Waals surface area (Å²) in [6, 6.07) is 17.1. The fourth-order valence-electron chi connectivity index (χ4n) is 13.5. The Morgan fingerprint density at radius 3 is 2.25 bits per heavy atom. The van der Waals surface area contributed by atoms with Crippen LogP contribution in [0.15, 0.2) is 71.1 Å². The van der Waals surface area contributed by atoms with E-state index in [4.69, 9.17) is 18.9 Å². The lowest BCUT2D eigenvalue weighted by Gasteiger charge is -2.71. The van der Waals surface area contributed by atoms with E-state index in [1.807, 2.05) is 70.2 Å². The number of nitrogens with one attached hydrogen (secondary N) is 1. The van der Waals surface area contributed by atoms with Crippen LogP contribution in [0.5, 0.6) is 0 Å². The second-order valence-corrected chi connectivity index (χ2v) is 23.5. The standard InChI is InChI=1S/C51H75NO7S/c1-33(2)36(6)46(7)26-27-48(9)39-22-23-42-47(8)30-57-32-51(42,40(39)24-25-49(48,10)43(46)45(53)58-29-37-16-14-13-15-17-37)28-41(56-12)44(47)59-31-50(11,34(3)4)52-60(54,55)38-20-18-35(5)19-21-38/h13-21,24,33-34,36,39,41-44,52H,22-23,25-32H2,1-12H3/t36-,39+,41-,42+,43-,44+,46-,47?,48-,49+,50-,51+/m1/s1. The molecule has 0 aromatic heterocycles. The van der Waals surface area contributed by atoms with Gasteiger partial charge in [0, 0.05) is 17.9 Å². The number of fused-ring (bicyclic) bond motifs is 3. The predicted octanol–water partition coefficient (Wildman–Crippen LogP) is 10.3. The minimum atomic E-state index is -3.80. The monoisotopic (exact) mass is 846 g/mol. The van der Waals surface area contributed by atoms with Gasteiger partial charge in [0.1, 0.15) is 6.61 Å². The molecule has 5 aliphatic rings. The third kappa shape index (κ3) is 7.26. The van der Waals surface area contributed by atoms with Gasteiger partial charge in [0.15, 0.2) is 0 Å². The topological polar surface area (TPSA) is 100 Å². The summed E-state index contributed by atoms with van der Waals surface area (Å²) in [5, 5.41) is 0. The number of allylic oxidation sites excluding steroid dienone is 1. The number of rotatable bonds is 13. The Morgan fingerprint density at radius 1 is 0.933 bits per heavy atom. The maximum absolute atomic E-state index is 14.8. The zero-order valence-corrected chi connectivity index (χ0v) is 39.5. The summed E-state index contributed by atoms with van der Waals surface area (Å²) in [6.07, 6.45) is 7.79. The molecule has 7 rings (SSSR count). The van der Waals surface area contributed by atoms with E-state index >= 15 is 0 Å². The molecule has 1 N–H and O–H groups in total. The van der Waals surface area contributed by atoms with Crippen LogP contribution in [-0.2, 0) is 40.4 Å². The van der Waals surface area contributed by atoms with Crippen LogP contribution in [0.3, 0.4) is 0 Å². The molecule has 4 aliphatic carbocycles. The Balaban J connectivity index is 1.20. The minimum absolute atomic E-state index is 0.0463. The number of benzene rings is 2. The van der Waals surface area contributed by atoms with Crippen LogP contribution in [-0.4, -0.2) is 59.1 Å². The maximum atomic E-state index is 14.8. The van der Waals surface area contributed by atoms with E-state index in [-0.39, 0.29) is 75.2 Å². The number of methoxy groups -OCH3 is 1.